The maximum Gasteiger partial charge on any atom is 0.307 e. The summed E-state index contributed by atoms with van der Waals surface area (Å²) in [5, 5.41) is 3.25. The third-order valence-electron chi connectivity index (χ3n) is 2.54. The highest BCUT2D eigenvalue weighted by Crippen LogP contribution is 2.12. The molecule has 0 bridgehead atoms. The fourth-order valence-corrected chi connectivity index (χ4v) is 1.50. The lowest BCUT2D eigenvalue weighted by atomic mass is 10.1. The maximum absolute atomic E-state index is 11.5. The van der Waals surface area contributed by atoms with Crippen LogP contribution in [0.5, 0.6) is 5.75 Å². The lowest BCUT2D eigenvalue weighted by Crippen LogP contribution is -2.37. The molecule has 0 saturated carbocycles. The summed E-state index contributed by atoms with van der Waals surface area (Å²) >= 11 is 0. The van der Waals surface area contributed by atoms with Gasteiger partial charge in [-0.1, -0.05) is 12.1 Å². The fraction of sp³-hybridized carbons (Fsp3) is 0.533. The van der Waals surface area contributed by atoms with Gasteiger partial charge in [-0.05, 0) is 38.5 Å². The monoisotopic (exact) mass is 265 g/mol. The van der Waals surface area contributed by atoms with E-state index in [4.69, 9.17) is 9.47 Å². The van der Waals surface area contributed by atoms with Gasteiger partial charge in [0.25, 0.3) is 0 Å². The van der Waals surface area contributed by atoms with Crippen LogP contribution >= 0.6 is 0 Å². The molecule has 19 heavy (non-hydrogen) atoms. The first-order valence-electron chi connectivity index (χ1n) is 6.44. The Bertz CT molecular complexity index is 393. The van der Waals surface area contributed by atoms with Crippen LogP contribution in [0.15, 0.2) is 24.3 Å². The Morgan fingerprint density at radius 2 is 1.84 bits per heavy atom. The molecule has 0 aliphatic heterocycles. The number of carbonyl (C=O) groups excluding carboxylic acids is 1. The predicted molar refractivity (Wildman–Crippen MR) is 75.2 cm³/mol. The lowest BCUT2D eigenvalue weighted by Gasteiger charge is -2.19. The van der Waals surface area contributed by atoms with E-state index in [1.54, 1.807) is 7.11 Å². The van der Waals surface area contributed by atoms with Crippen LogP contribution in [-0.2, 0) is 16.1 Å². The highest BCUT2D eigenvalue weighted by atomic mass is 16.5. The first-order valence-corrected chi connectivity index (χ1v) is 6.44. The summed E-state index contributed by atoms with van der Waals surface area (Å²) in [4.78, 5) is 11.5. The predicted octanol–water partition coefficient (Wildman–Crippen LogP) is 2.52. The molecule has 0 unspecified atom stereocenters. The zero-order valence-electron chi connectivity index (χ0n) is 12.2. The summed E-state index contributed by atoms with van der Waals surface area (Å²) in [6, 6.07) is 7.48. The molecule has 0 spiro atoms. The topological polar surface area (TPSA) is 47.6 Å². The van der Waals surface area contributed by atoms with Gasteiger partial charge in [-0.3, -0.25) is 4.79 Å². The van der Waals surface area contributed by atoms with Crippen molar-refractivity contribution >= 4 is 5.97 Å². The number of methoxy groups -OCH3 is 1. The molecule has 0 radical (unpaired) electrons. The van der Waals surface area contributed by atoms with Crippen LogP contribution in [0.25, 0.3) is 0 Å². The van der Waals surface area contributed by atoms with Crippen molar-refractivity contribution in [3.05, 3.63) is 29.8 Å². The second-order valence-electron chi connectivity index (χ2n) is 5.44. The van der Waals surface area contributed by atoms with Crippen molar-refractivity contribution in [3.8, 4) is 5.75 Å². The van der Waals surface area contributed by atoms with Crippen molar-refractivity contribution in [1.82, 2.24) is 5.32 Å². The number of benzene rings is 1. The molecule has 1 N–H and O–H groups in total. The van der Waals surface area contributed by atoms with E-state index < -0.39 is 0 Å². The summed E-state index contributed by atoms with van der Waals surface area (Å²) in [5.74, 6) is 0.608. The van der Waals surface area contributed by atoms with Gasteiger partial charge in [0.2, 0.25) is 0 Å². The number of hydrogen-bond acceptors (Lipinski definition) is 4. The zero-order valence-corrected chi connectivity index (χ0v) is 12.2. The van der Waals surface area contributed by atoms with Crippen LogP contribution in [0, 0.1) is 0 Å². The van der Waals surface area contributed by atoms with Gasteiger partial charge in [0.05, 0.1) is 13.5 Å². The molecule has 0 heterocycles. The van der Waals surface area contributed by atoms with Crippen LogP contribution in [-0.4, -0.2) is 25.2 Å². The summed E-state index contributed by atoms with van der Waals surface area (Å²) in [7, 11) is 1.62. The van der Waals surface area contributed by atoms with Gasteiger partial charge in [-0.25, -0.2) is 0 Å². The van der Waals surface area contributed by atoms with Crippen molar-refractivity contribution in [2.75, 3.05) is 13.7 Å². The highest BCUT2D eigenvalue weighted by molar-refractivity contribution is 5.69. The smallest absolute Gasteiger partial charge is 0.307 e. The third kappa shape index (κ3) is 6.82. The Kier molecular flexibility index (Phi) is 5.83. The van der Waals surface area contributed by atoms with Crippen LogP contribution in [0.2, 0.25) is 0 Å². The molecule has 0 aliphatic rings. The van der Waals surface area contributed by atoms with Gasteiger partial charge < -0.3 is 14.8 Å². The highest BCUT2D eigenvalue weighted by Gasteiger charge is 2.10. The van der Waals surface area contributed by atoms with E-state index in [2.05, 4.69) is 26.1 Å². The lowest BCUT2D eigenvalue weighted by molar-refractivity contribution is -0.144. The van der Waals surface area contributed by atoms with Gasteiger partial charge >= 0.3 is 5.97 Å². The second kappa shape index (κ2) is 7.14. The van der Waals surface area contributed by atoms with Crippen molar-refractivity contribution in [2.45, 2.75) is 39.3 Å². The Morgan fingerprint density at radius 1 is 1.21 bits per heavy atom. The molecular weight excluding hydrogens is 242 g/mol. The van der Waals surface area contributed by atoms with E-state index in [0.29, 0.717) is 19.6 Å². The molecule has 0 saturated heterocycles. The molecule has 1 rings (SSSR count). The molecular formula is C15H23NO3. The number of carbonyl (C=O) groups is 1. The average molecular weight is 265 g/mol. The molecule has 1 aromatic carbocycles. The zero-order chi connectivity index (χ0) is 14.3. The minimum absolute atomic E-state index is 0.0241. The van der Waals surface area contributed by atoms with Crippen LogP contribution < -0.4 is 10.1 Å². The first-order chi connectivity index (χ1) is 8.90. The first kappa shape index (κ1) is 15.5. The molecule has 106 valence electrons. The number of rotatable bonds is 6. The van der Waals surface area contributed by atoms with Gasteiger partial charge in [-0.15, -0.1) is 0 Å². The number of nitrogens with one attached hydrogen (secondary N) is 1. The summed E-state index contributed by atoms with van der Waals surface area (Å²) in [6.07, 6.45) is 0.382. The molecule has 0 aliphatic carbocycles. The molecule has 0 amide bonds. The van der Waals surface area contributed by atoms with Gasteiger partial charge in [0, 0.05) is 12.1 Å². The van der Waals surface area contributed by atoms with Crippen molar-refractivity contribution in [3.63, 3.8) is 0 Å². The standard InChI is InChI=1S/C15H23NO3/c1-15(2,3)16-10-9-14(17)19-11-12-5-7-13(18-4)8-6-12/h5-8,16H,9-11H2,1-4H3. The summed E-state index contributed by atoms with van der Waals surface area (Å²) in [5.41, 5.74) is 0.980. The minimum Gasteiger partial charge on any atom is -0.497 e. The van der Waals surface area contributed by atoms with E-state index in [1.165, 1.54) is 0 Å². The largest absolute Gasteiger partial charge is 0.497 e. The van der Waals surface area contributed by atoms with E-state index in [1.807, 2.05) is 24.3 Å². The average Bonchev–Trinajstić information content (AvgIpc) is 2.35. The Labute approximate surface area is 115 Å². The van der Waals surface area contributed by atoms with E-state index in [-0.39, 0.29) is 11.5 Å². The normalized spacial score (nSPS) is 11.2. The summed E-state index contributed by atoms with van der Waals surface area (Å²) < 4.78 is 10.3. The Hall–Kier alpha value is -1.55. The maximum atomic E-state index is 11.5. The van der Waals surface area contributed by atoms with Crippen LogP contribution in [0.3, 0.4) is 0 Å². The van der Waals surface area contributed by atoms with E-state index in [9.17, 15) is 4.79 Å². The summed E-state index contributed by atoms with van der Waals surface area (Å²) in [6.45, 7) is 7.13. The van der Waals surface area contributed by atoms with Gasteiger partial charge in [-0.2, -0.15) is 0 Å². The van der Waals surface area contributed by atoms with Crippen molar-refractivity contribution in [2.24, 2.45) is 0 Å². The Morgan fingerprint density at radius 3 is 2.37 bits per heavy atom. The molecule has 1 aromatic rings. The fourth-order valence-electron chi connectivity index (χ4n) is 1.50. The second-order valence-corrected chi connectivity index (χ2v) is 5.44. The Balaban J connectivity index is 2.26. The number of hydrogen-bond donors (Lipinski definition) is 1. The third-order valence-corrected chi connectivity index (χ3v) is 2.54. The van der Waals surface area contributed by atoms with E-state index >= 15 is 0 Å². The van der Waals surface area contributed by atoms with Crippen LogP contribution in [0.4, 0.5) is 0 Å². The number of ether oxygens (including phenoxy) is 2. The molecule has 0 atom stereocenters. The van der Waals surface area contributed by atoms with Crippen LogP contribution in [0.1, 0.15) is 32.8 Å². The van der Waals surface area contributed by atoms with Gasteiger partial charge in [0.15, 0.2) is 0 Å². The minimum atomic E-state index is -0.187. The van der Waals surface area contributed by atoms with Crippen molar-refractivity contribution in [1.29, 1.82) is 0 Å². The SMILES string of the molecule is COc1ccc(COC(=O)CCNC(C)(C)C)cc1. The van der Waals surface area contributed by atoms with Crippen molar-refractivity contribution < 1.29 is 14.3 Å². The van der Waals surface area contributed by atoms with Gasteiger partial charge in [0.1, 0.15) is 12.4 Å². The quantitative estimate of drug-likeness (QED) is 0.803. The molecule has 4 heteroatoms. The molecule has 4 nitrogen and oxygen atoms in total. The van der Waals surface area contributed by atoms with E-state index in [0.717, 1.165) is 11.3 Å². The number of esters is 1. The molecule has 0 aromatic heterocycles. The molecule has 0 fully saturated rings.